The fourth-order valence-electron chi connectivity index (χ4n) is 3.77. The molecule has 0 radical (unpaired) electrons. The Labute approximate surface area is 214 Å². The molecule has 0 saturated carbocycles. The second kappa shape index (κ2) is 10.7. The highest BCUT2D eigenvalue weighted by molar-refractivity contribution is 7.99. The molecule has 2 aromatic heterocycles. The van der Waals surface area contributed by atoms with Crippen molar-refractivity contribution < 1.29 is 4.79 Å². The number of carbonyl (C=O) groups is 1. The normalized spacial score (nSPS) is 10.7. The van der Waals surface area contributed by atoms with Crippen LogP contribution in [0.5, 0.6) is 0 Å². The predicted octanol–water partition coefficient (Wildman–Crippen LogP) is 5.63. The summed E-state index contributed by atoms with van der Waals surface area (Å²) in [7, 11) is 3.97. The van der Waals surface area contributed by atoms with Crippen LogP contribution in [-0.2, 0) is 4.79 Å². The van der Waals surface area contributed by atoms with Gasteiger partial charge in [0.1, 0.15) is 0 Å². The molecule has 0 unspecified atom stereocenters. The van der Waals surface area contributed by atoms with Crippen molar-refractivity contribution in [1.82, 2.24) is 19.7 Å². The summed E-state index contributed by atoms with van der Waals surface area (Å²) in [5.74, 6) is 0.846. The topological polar surface area (TPSA) is 78.8 Å². The van der Waals surface area contributed by atoms with Crippen molar-refractivity contribution in [2.45, 2.75) is 5.16 Å². The molecule has 7 nitrogen and oxygen atoms in total. The molecule has 35 heavy (non-hydrogen) atoms. The van der Waals surface area contributed by atoms with Crippen LogP contribution in [0.15, 0.2) is 90.2 Å². The monoisotopic (exact) mass is 504 g/mol. The summed E-state index contributed by atoms with van der Waals surface area (Å²) in [6, 6.07) is 25.8. The Morgan fingerprint density at radius 1 is 0.971 bits per heavy atom. The minimum Gasteiger partial charge on any atom is -0.378 e. The first kappa shape index (κ1) is 24.4. The smallest absolute Gasteiger partial charge is 0.234 e. The van der Waals surface area contributed by atoms with Crippen LogP contribution in [0.3, 0.4) is 0 Å². The molecule has 5 rings (SSSR count). The molecule has 0 bridgehead atoms. The molecule has 0 aliphatic heterocycles. The summed E-state index contributed by atoms with van der Waals surface area (Å²) < 4.78 is 2.00. The van der Waals surface area contributed by atoms with Crippen LogP contribution in [0.2, 0.25) is 0 Å². The van der Waals surface area contributed by atoms with Crippen LogP contribution >= 0.6 is 24.2 Å². The maximum Gasteiger partial charge on any atom is 0.234 e. The van der Waals surface area contributed by atoms with Gasteiger partial charge in [0, 0.05) is 53.8 Å². The number of aromatic amines is 1. The van der Waals surface area contributed by atoms with E-state index in [1.54, 1.807) is 0 Å². The Kier molecular flexibility index (Phi) is 7.43. The molecule has 0 aliphatic carbocycles. The van der Waals surface area contributed by atoms with Crippen LogP contribution in [0, 0.1) is 0 Å². The van der Waals surface area contributed by atoms with E-state index in [-0.39, 0.29) is 24.1 Å². The maximum absolute atomic E-state index is 12.7. The van der Waals surface area contributed by atoms with Crippen molar-refractivity contribution in [2.75, 3.05) is 30.1 Å². The first-order valence-corrected chi connectivity index (χ1v) is 11.9. The maximum atomic E-state index is 12.7. The van der Waals surface area contributed by atoms with Gasteiger partial charge >= 0.3 is 0 Å². The van der Waals surface area contributed by atoms with E-state index < -0.39 is 0 Å². The van der Waals surface area contributed by atoms with Gasteiger partial charge in [0.15, 0.2) is 11.0 Å². The van der Waals surface area contributed by atoms with Crippen LogP contribution < -0.4 is 10.2 Å². The lowest BCUT2D eigenvalue weighted by atomic mass is 10.1. The zero-order chi connectivity index (χ0) is 23.5. The molecule has 1 amide bonds. The van der Waals surface area contributed by atoms with E-state index in [4.69, 9.17) is 0 Å². The van der Waals surface area contributed by atoms with E-state index >= 15 is 0 Å². The van der Waals surface area contributed by atoms with Crippen molar-refractivity contribution in [2.24, 2.45) is 0 Å². The fraction of sp³-hybridized carbons (Fsp3) is 0.115. The van der Waals surface area contributed by atoms with Gasteiger partial charge in [0.2, 0.25) is 5.91 Å². The van der Waals surface area contributed by atoms with Crippen LogP contribution in [-0.4, -0.2) is 45.5 Å². The average Bonchev–Trinajstić information content (AvgIpc) is 3.47. The summed E-state index contributed by atoms with van der Waals surface area (Å²) in [4.78, 5) is 18.0. The molecule has 0 atom stereocenters. The number of rotatable bonds is 7. The lowest BCUT2D eigenvalue weighted by Gasteiger charge is -2.13. The second-order valence-electron chi connectivity index (χ2n) is 8.00. The molecular formula is C26H25ClN6OS. The number of nitrogens with zero attached hydrogens (tertiary/aromatic N) is 4. The SMILES string of the molecule is CN(C)c1ccc(NC(=O)CSc2nnc(-c3c[nH]c4ccccc34)n2-c2ccccc2)cc1.Cl. The number of amides is 1. The van der Waals surface area contributed by atoms with Gasteiger partial charge < -0.3 is 15.2 Å². The lowest BCUT2D eigenvalue weighted by Crippen LogP contribution is -2.15. The zero-order valence-corrected chi connectivity index (χ0v) is 20.9. The van der Waals surface area contributed by atoms with Gasteiger partial charge in [-0.25, -0.2) is 0 Å². The first-order valence-electron chi connectivity index (χ1n) is 10.9. The van der Waals surface area contributed by atoms with Crippen LogP contribution in [0.1, 0.15) is 0 Å². The Hall–Kier alpha value is -3.75. The molecule has 9 heteroatoms. The summed E-state index contributed by atoms with van der Waals surface area (Å²) in [5, 5.41) is 13.6. The molecular weight excluding hydrogens is 480 g/mol. The summed E-state index contributed by atoms with van der Waals surface area (Å²) in [6.07, 6.45) is 1.95. The Bertz CT molecular complexity index is 1430. The number of H-pyrrole nitrogens is 1. The van der Waals surface area contributed by atoms with Gasteiger partial charge in [0.25, 0.3) is 0 Å². The standard InChI is InChI=1S/C26H24N6OS.ClH/c1-31(2)19-14-12-18(13-15-19)28-24(33)17-34-26-30-29-25(32(26)20-8-4-3-5-9-20)22-16-27-23-11-7-6-10-21(22)23;/h3-16,27H,17H2,1-2H3,(H,28,33);1H. The first-order chi connectivity index (χ1) is 16.6. The quantitative estimate of drug-likeness (QED) is 0.281. The van der Waals surface area contributed by atoms with Crippen LogP contribution in [0.4, 0.5) is 11.4 Å². The highest BCUT2D eigenvalue weighted by Crippen LogP contribution is 2.32. The highest BCUT2D eigenvalue weighted by atomic mass is 35.5. The van der Waals surface area contributed by atoms with Gasteiger partial charge in [-0.3, -0.25) is 9.36 Å². The summed E-state index contributed by atoms with van der Waals surface area (Å²) in [6.45, 7) is 0. The number of para-hydroxylation sites is 2. The Balaban J connectivity index is 0.00000289. The number of nitrogens with one attached hydrogen (secondary N) is 2. The average molecular weight is 505 g/mol. The van der Waals surface area contributed by atoms with E-state index in [1.165, 1.54) is 11.8 Å². The second-order valence-corrected chi connectivity index (χ2v) is 8.95. The van der Waals surface area contributed by atoms with Crippen molar-refractivity contribution >= 4 is 52.4 Å². The minimum absolute atomic E-state index is 0. The zero-order valence-electron chi connectivity index (χ0n) is 19.3. The molecule has 2 N–H and O–H groups in total. The number of thioether (sulfide) groups is 1. The number of aromatic nitrogens is 4. The largest absolute Gasteiger partial charge is 0.378 e. The highest BCUT2D eigenvalue weighted by Gasteiger charge is 2.19. The molecule has 0 fully saturated rings. The van der Waals surface area contributed by atoms with Crippen molar-refractivity contribution in [3.63, 3.8) is 0 Å². The molecule has 3 aromatic carbocycles. The van der Waals surface area contributed by atoms with Crippen molar-refractivity contribution in [1.29, 1.82) is 0 Å². The number of hydrogen-bond donors (Lipinski definition) is 2. The van der Waals surface area contributed by atoms with Crippen molar-refractivity contribution in [3.05, 3.63) is 85.1 Å². The van der Waals surface area contributed by atoms with Gasteiger partial charge in [-0.05, 0) is 42.5 Å². The number of halogens is 1. The summed E-state index contributed by atoms with van der Waals surface area (Å²) in [5.41, 5.74) is 4.78. The number of fused-ring (bicyclic) bond motifs is 1. The number of anilines is 2. The van der Waals surface area contributed by atoms with E-state index in [0.29, 0.717) is 5.16 Å². The Morgan fingerprint density at radius 3 is 2.43 bits per heavy atom. The van der Waals surface area contributed by atoms with E-state index in [1.807, 2.05) is 103 Å². The predicted molar refractivity (Wildman–Crippen MR) is 146 cm³/mol. The van der Waals surface area contributed by atoms with Crippen molar-refractivity contribution in [3.8, 4) is 17.1 Å². The third kappa shape index (κ3) is 5.18. The Morgan fingerprint density at radius 2 is 1.69 bits per heavy atom. The molecule has 0 saturated heterocycles. The van der Waals surface area contributed by atoms with E-state index in [0.717, 1.165) is 39.4 Å². The van der Waals surface area contributed by atoms with Gasteiger partial charge in [-0.1, -0.05) is 48.2 Å². The number of hydrogen-bond acceptors (Lipinski definition) is 5. The third-order valence-corrected chi connectivity index (χ3v) is 6.41. The molecule has 0 spiro atoms. The molecule has 178 valence electrons. The molecule has 5 aromatic rings. The molecule has 2 heterocycles. The molecule has 0 aliphatic rings. The summed E-state index contributed by atoms with van der Waals surface area (Å²) >= 11 is 1.36. The number of carbonyl (C=O) groups excluding carboxylic acids is 1. The van der Waals surface area contributed by atoms with Gasteiger partial charge in [0.05, 0.1) is 5.75 Å². The van der Waals surface area contributed by atoms with Gasteiger partial charge in [-0.15, -0.1) is 22.6 Å². The van der Waals surface area contributed by atoms with Crippen LogP contribution in [0.25, 0.3) is 28.0 Å². The minimum atomic E-state index is -0.0983. The van der Waals surface area contributed by atoms with E-state index in [2.05, 4.69) is 26.6 Å². The number of benzene rings is 3. The van der Waals surface area contributed by atoms with Gasteiger partial charge in [-0.2, -0.15) is 0 Å². The lowest BCUT2D eigenvalue weighted by molar-refractivity contribution is -0.113. The third-order valence-electron chi connectivity index (χ3n) is 5.48. The fourth-order valence-corrected chi connectivity index (χ4v) is 4.53. The van der Waals surface area contributed by atoms with E-state index in [9.17, 15) is 4.79 Å².